The monoisotopic (exact) mass is 281 g/mol. The molecule has 1 amide bonds. The van der Waals surface area contributed by atoms with Gasteiger partial charge >= 0.3 is 0 Å². The molecule has 1 unspecified atom stereocenters. The lowest BCUT2D eigenvalue weighted by Gasteiger charge is -2.08. The fourth-order valence-electron chi connectivity index (χ4n) is 2.19. The lowest BCUT2D eigenvalue weighted by atomic mass is 10.1. The first kappa shape index (κ1) is 14.4. The van der Waals surface area contributed by atoms with Crippen LogP contribution >= 0.6 is 11.8 Å². The van der Waals surface area contributed by atoms with E-state index in [9.17, 15) is 4.79 Å². The van der Waals surface area contributed by atoms with Gasteiger partial charge in [0.05, 0.1) is 18.5 Å². The Morgan fingerprint density at radius 1 is 1.37 bits per heavy atom. The topological polar surface area (TPSA) is 69.6 Å². The zero-order valence-electron chi connectivity index (χ0n) is 10.8. The maximum absolute atomic E-state index is 11.7. The minimum Gasteiger partial charge on any atom is -0.394 e. The third kappa shape index (κ3) is 4.23. The third-order valence-electron chi connectivity index (χ3n) is 3.14. The summed E-state index contributed by atoms with van der Waals surface area (Å²) in [6, 6.07) is 6.07. The molecule has 0 fully saturated rings. The Balaban J connectivity index is 1.79. The molecule has 1 aliphatic rings. The highest BCUT2D eigenvalue weighted by atomic mass is 32.2. The Hall–Kier alpha value is -1.04. The molecule has 3 N–H and O–H groups in total. The number of carbonyl (C=O) groups is 1. The molecule has 0 saturated heterocycles. The molecule has 0 radical (unpaired) electrons. The van der Waals surface area contributed by atoms with E-state index in [-0.39, 0.29) is 18.3 Å². The molecule has 1 aliphatic carbocycles. The normalized spacial score (nSPS) is 15.1. The molecule has 0 bridgehead atoms. The van der Waals surface area contributed by atoms with E-state index in [1.165, 1.54) is 29.3 Å². The summed E-state index contributed by atoms with van der Waals surface area (Å²) in [7, 11) is 0. The minimum atomic E-state index is -0.752. The van der Waals surface area contributed by atoms with Gasteiger partial charge in [0.2, 0.25) is 5.91 Å². The number of anilines is 1. The van der Waals surface area contributed by atoms with Crippen molar-refractivity contribution in [1.29, 1.82) is 0 Å². The molecule has 19 heavy (non-hydrogen) atoms. The number of rotatable bonds is 6. The van der Waals surface area contributed by atoms with Crippen LogP contribution in [-0.4, -0.2) is 40.3 Å². The summed E-state index contributed by atoms with van der Waals surface area (Å²) in [5.41, 5.74) is 3.56. The van der Waals surface area contributed by atoms with Gasteiger partial charge in [-0.15, -0.1) is 11.8 Å². The van der Waals surface area contributed by atoms with E-state index in [0.29, 0.717) is 5.75 Å². The van der Waals surface area contributed by atoms with Crippen molar-refractivity contribution in [2.24, 2.45) is 0 Å². The van der Waals surface area contributed by atoms with Crippen LogP contribution in [0.4, 0.5) is 5.69 Å². The van der Waals surface area contributed by atoms with E-state index in [2.05, 4.69) is 11.4 Å². The van der Waals surface area contributed by atoms with Gasteiger partial charge in [0, 0.05) is 11.4 Å². The average Bonchev–Trinajstić information content (AvgIpc) is 2.85. The van der Waals surface area contributed by atoms with E-state index in [1.54, 1.807) is 0 Å². The maximum atomic E-state index is 11.7. The number of benzene rings is 1. The summed E-state index contributed by atoms with van der Waals surface area (Å²) in [4.78, 5) is 11.7. The molecular formula is C14H19NO3S. The zero-order chi connectivity index (χ0) is 13.7. The zero-order valence-corrected chi connectivity index (χ0v) is 11.6. The summed E-state index contributed by atoms with van der Waals surface area (Å²) in [5.74, 6) is 0.579. The van der Waals surface area contributed by atoms with Gasteiger partial charge in [-0.25, -0.2) is 0 Å². The predicted octanol–water partition coefficient (Wildman–Crippen LogP) is 1.20. The van der Waals surface area contributed by atoms with Crippen LogP contribution in [0.25, 0.3) is 0 Å². The van der Waals surface area contributed by atoms with Crippen molar-refractivity contribution in [3.05, 3.63) is 29.3 Å². The minimum absolute atomic E-state index is 0.0758. The van der Waals surface area contributed by atoms with Crippen LogP contribution in [0.15, 0.2) is 18.2 Å². The van der Waals surface area contributed by atoms with Crippen LogP contribution in [0.5, 0.6) is 0 Å². The fraction of sp³-hybridized carbons (Fsp3) is 0.500. The van der Waals surface area contributed by atoms with E-state index >= 15 is 0 Å². The van der Waals surface area contributed by atoms with Crippen molar-refractivity contribution in [3.8, 4) is 0 Å². The van der Waals surface area contributed by atoms with Crippen LogP contribution in [0, 0.1) is 0 Å². The SMILES string of the molecule is O=C(CSCC(O)CO)Nc1ccc2c(c1)CCC2. The Morgan fingerprint density at radius 3 is 2.95 bits per heavy atom. The van der Waals surface area contributed by atoms with Gasteiger partial charge < -0.3 is 15.5 Å². The first-order valence-corrected chi connectivity index (χ1v) is 7.63. The van der Waals surface area contributed by atoms with E-state index in [1.807, 2.05) is 12.1 Å². The molecule has 1 aromatic rings. The van der Waals surface area contributed by atoms with Crippen LogP contribution < -0.4 is 5.32 Å². The number of hydrogen-bond donors (Lipinski definition) is 3. The van der Waals surface area contributed by atoms with Crippen molar-refractivity contribution in [3.63, 3.8) is 0 Å². The quantitative estimate of drug-likeness (QED) is 0.733. The lowest BCUT2D eigenvalue weighted by Crippen LogP contribution is -2.19. The van der Waals surface area contributed by atoms with Crippen LogP contribution in [0.2, 0.25) is 0 Å². The molecule has 0 aliphatic heterocycles. The smallest absolute Gasteiger partial charge is 0.234 e. The van der Waals surface area contributed by atoms with E-state index < -0.39 is 6.10 Å². The summed E-state index contributed by atoms with van der Waals surface area (Å²) >= 11 is 1.32. The number of amides is 1. The summed E-state index contributed by atoms with van der Waals surface area (Å²) in [6.07, 6.45) is 2.68. The van der Waals surface area contributed by atoms with Gasteiger partial charge in [-0.05, 0) is 42.5 Å². The number of aliphatic hydroxyl groups excluding tert-OH is 2. The average molecular weight is 281 g/mol. The maximum Gasteiger partial charge on any atom is 0.234 e. The second-order valence-electron chi connectivity index (χ2n) is 4.74. The molecule has 0 saturated carbocycles. The van der Waals surface area contributed by atoms with Gasteiger partial charge in [-0.1, -0.05) is 6.07 Å². The van der Waals surface area contributed by atoms with Gasteiger partial charge in [-0.3, -0.25) is 4.79 Å². The number of fused-ring (bicyclic) bond motifs is 1. The van der Waals surface area contributed by atoms with Crippen LogP contribution in [-0.2, 0) is 17.6 Å². The highest BCUT2D eigenvalue weighted by molar-refractivity contribution is 8.00. The van der Waals surface area contributed by atoms with Crippen molar-refractivity contribution < 1.29 is 15.0 Å². The number of aryl methyl sites for hydroxylation is 2. The highest BCUT2D eigenvalue weighted by Gasteiger charge is 2.12. The molecule has 5 heteroatoms. The van der Waals surface area contributed by atoms with Gasteiger partial charge in [-0.2, -0.15) is 0 Å². The molecule has 0 spiro atoms. The highest BCUT2D eigenvalue weighted by Crippen LogP contribution is 2.24. The number of nitrogens with one attached hydrogen (secondary N) is 1. The summed E-state index contributed by atoms with van der Waals surface area (Å²) in [5, 5.41) is 20.7. The van der Waals surface area contributed by atoms with Gasteiger partial charge in [0.15, 0.2) is 0 Å². The van der Waals surface area contributed by atoms with Gasteiger partial charge in [0.25, 0.3) is 0 Å². The summed E-state index contributed by atoms with van der Waals surface area (Å²) < 4.78 is 0. The fourth-order valence-corrected chi connectivity index (χ4v) is 2.94. The second kappa shape index (κ2) is 6.93. The molecule has 4 nitrogen and oxygen atoms in total. The Bertz CT molecular complexity index is 450. The largest absolute Gasteiger partial charge is 0.394 e. The lowest BCUT2D eigenvalue weighted by molar-refractivity contribution is -0.113. The Kier molecular flexibility index (Phi) is 5.24. The Labute approximate surface area is 117 Å². The number of carbonyl (C=O) groups excluding carboxylic acids is 1. The molecular weight excluding hydrogens is 262 g/mol. The summed E-state index contributed by atoms with van der Waals surface area (Å²) in [6.45, 7) is -0.264. The first-order chi connectivity index (χ1) is 9.19. The third-order valence-corrected chi connectivity index (χ3v) is 4.22. The van der Waals surface area contributed by atoms with Crippen molar-refractivity contribution in [2.75, 3.05) is 23.4 Å². The van der Waals surface area contributed by atoms with Crippen molar-refractivity contribution in [1.82, 2.24) is 0 Å². The standard InChI is InChI=1S/C14H19NO3S/c16-7-13(17)8-19-9-14(18)15-12-5-4-10-2-1-3-11(10)6-12/h4-6,13,16-17H,1-3,7-9H2,(H,15,18). The molecule has 104 valence electrons. The van der Waals surface area contributed by atoms with Crippen molar-refractivity contribution >= 4 is 23.4 Å². The first-order valence-electron chi connectivity index (χ1n) is 6.47. The molecule has 2 rings (SSSR count). The molecule has 0 aromatic heterocycles. The predicted molar refractivity (Wildman–Crippen MR) is 77.5 cm³/mol. The molecule has 0 heterocycles. The molecule has 1 aromatic carbocycles. The number of aliphatic hydroxyl groups is 2. The van der Waals surface area contributed by atoms with Crippen LogP contribution in [0.3, 0.4) is 0 Å². The van der Waals surface area contributed by atoms with Crippen molar-refractivity contribution in [2.45, 2.75) is 25.4 Å². The molecule has 1 atom stereocenters. The number of thioether (sulfide) groups is 1. The van der Waals surface area contributed by atoms with E-state index in [0.717, 1.165) is 18.5 Å². The van der Waals surface area contributed by atoms with E-state index in [4.69, 9.17) is 10.2 Å². The van der Waals surface area contributed by atoms with Crippen LogP contribution in [0.1, 0.15) is 17.5 Å². The number of hydrogen-bond acceptors (Lipinski definition) is 4. The Morgan fingerprint density at radius 2 is 2.16 bits per heavy atom. The second-order valence-corrected chi connectivity index (χ2v) is 5.77. The van der Waals surface area contributed by atoms with Gasteiger partial charge in [0.1, 0.15) is 0 Å².